The van der Waals surface area contributed by atoms with E-state index in [0.29, 0.717) is 13.1 Å². The highest BCUT2D eigenvalue weighted by atomic mass is 127. The van der Waals surface area contributed by atoms with Gasteiger partial charge in [0.25, 0.3) is 0 Å². The van der Waals surface area contributed by atoms with E-state index in [2.05, 4.69) is 15.6 Å². The molecule has 1 aliphatic carbocycles. The quantitative estimate of drug-likeness (QED) is 0.356. The molecule has 1 aliphatic rings. The third-order valence-corrected chi connectivity index (χ3v) is 4.27. The molecular weight excluding hydrogens is 417 g/mol. The number of hydrogen-bond acceptors (Lipinski definition) is 3. The molecule has 0 saturated heterocycles. The van der Waals surface area contributed by atoms with Crippen LogP contribution in [0.1, 0.15) is 44.6 Å². The SMILES string of the molecule is CCNC(=NCc1cccc(OC)c1)NCC1(O)CCCCC1.I. The number of nitrogens with one attached hydrogen (secondary N) is 2. The molecule has 0 radical (unpaired) electrons. The van der Waals surface area contributed by atoms with Crippen molar-refractivity contribution in [1.82, 2.24) is 10.6 Å². The molecule has 3 N–H and O–H groups in total. The largest absolute Gasteiger partial charge is 0.497 e. The molecular formula is C18H30IN3O2. The lowest BCUT2D eigenvalue weighted by molar-refractivity contribution is 0.00859. The Labute approximate surface area is 162 Å². The van der Waals surface area contributed by atoms with Crippen molar-refractivity contribution >= 4 is 29.9 Å². The van der Waals surface area contributed by atoms with Gasteiger partial charge < -0.3 is 20.5 Å². The Morgan fingerprint density at radius 1 is 1.25 bits per heavy atom. The summed E-state index contributed by atoms with van der Waals surface area (Å²) < 4.78 is 5.24. The Hall–Kier alpha value is -1.02. The molecule has 1 aromatic rings. The highest BCUT2D eigenvalue weighted by Gasteiger charge is 2.29. The minimum absolute atomic E-state index is 0. The fraction of sp³-hybridized carbons (Fsp3) is 0.611. The van der Waals surface area contributed by atoms with Gasteiger partial charge in [-0.3, -0.25) is 0 Å². The number of rotatable bonds is 6. The maximum atomic E-state index is 10.6. The van der Waals surface area contributed by atoms with Crippen molar-refractivity contribution in [3.8, 4) is 5.75 Å². The third-order valence-electron chi connectivity index (χ3n) is 4.27. The van der Waals surface area contributed by atoms with Gasteiger partial charge in [0.15, 0.2) is 5.96 Å². The predicted molar refractivity (Wildman–Crippen MR) is 109 cm³/mol. The van der Waals surface area contributed by atoms with Crippen LogP contribution in [0.25, 0.3) is 0 Å². The summed E-state index contributed by atoms with van der Waals surface area (Å²) in [7, 11) is 1.67. The van der Waals surface area contributed by atoms with Gasteiger partial charge in [-0.1, -0.05) is 31.4 Å². The predicted octanol–water partition coefficient (Wildman–Crippen LogP) is 3.06. The van der Waals surface area contributed by atoms with Gasteiger partial charge in [0.2, 0.25) is 0 Å². The average molecular weight is 447 g/mol. The highest BCUT2D eigenvalue weighted by molar-refractivity contribution is 14.0. The maximum Gasteiger partial charge on any atom is 0.191 e. The molecule has 1 saturated carbocycles. The minimum atomic E-state index is -0.593. The standard InChI is InChI=1S/C18H29N3O2.HI/c1-3-19-17(21-14-18(22)10-5-4-6-11-18)20-13-15-8-7-9-16(12-15)23-2;/h7-9,12,22H,3-6,10-11,13-14H2,1-2H3,(H2,19,20,21);1H. The van der Waals surface area contributed by atoms with Crippen LogP contribution in [0.5, 0.6) is 5.75 Å². The van der Waals surface area contributed by atoms with Crippen molar-refractivity contribution in [2.75, 3.05) is 20.2 Å². The van der Waals surface area contributed by atoms with E-state index in [1.807, 2.05) is 31.2 Å². The van der Waals surface area contributed by atoms with Crippen LogP contribution in [0.4, 0.5) is 0 Å². The zero-order chi connectivity index (χ0) is 16.5. The van der Waals surface area contributed by atoms with Gasteiger partial charge in [0.1, 0.15) is 5.75 Å². The van der Waals surface area contributed by atoms with Crippen molar-refractivity contribution in [3.63, 3.8) is 0 Å². The zero-order valence-corrected chi connectivity index (χ0v) is 17.0. The molecule has 0 aliphatic heterocycles. The first kappa shape index (κ1) is 21.0. The molecule has 24 heavy (non-hydrogen) atoms. The van der Waals surface area contributed by atoms with E-state index in [1.54, 1.807) is 7.11 Å². The van der Waals surface area contributed by atoms with Crippen LogP contribution >= 0.6 is 24.0 Å². The summed E-state index contributed by atoms with van der Waals surface area (Å²) in [5, 5.41) is 17.1. The van der Waals surface area contributed by atoms with Crippen LogP contribution in [0, 0.1) is 0 Å². The molecule has 0 heterocycles. The molecule has 0 atom stereocenters. The van der Waals surface area contributed by atoms with Crippen molar-refractivity contribution in [2.24, 2.45) is 4.99 Å². The Kier molecular flexibility index (Phi) is 9.43. The first-order valence-corrected chi connectivity index (χ1v) is 8.53. The zero-order valence-electron chi connectivity index (χ0n) is 14.7. The van der Waals surface area contributed by atoms with E-state index in [0.717, 1.165) is 49.5 Å². The van der Waals surface area contributed by atoms with Crippen LogP contribution in [-0.4, -0.2) is 36.9 Å². The van der Waals surface area contributed by atoms with E-state index in [4.69, 9.17) is 4.74 Å². The molecule has 0 unspecified atom stereocenters. The maximum absolute atomic E-state index is 10.6. The first-order chi connectivity index (χ1) is 11.1. The van der Waals surface area contributed by atoms with Crippen molar-refractivity contribution in [1.29, 1.82) is 0 Å². The average Bonchev–Trinajstić information content (AvgIpc) is 2.58. The topological polar surface area (TPSA) is 65.9 Å². The van der Waals surface area contributed by atoms with Gasteiger partial charge in [0.05, 0.1) is 19.3 Å². The second-order valence-electron chi connectivity index (χ2n) is 6.19. The van der Waals surface area contributed by atoms with Gasteiger partial charge in [-0.2, -0.15) is 0 Å². The van der Waals surface area contributed by atoms with Crippen LogP contribution < -0.4 is 15.4 Å². The van der Waals surface area contributed by atoms with Crippen LogP contribution in [0.3, 0.4) is 0 Å². The number of methoxy groups -OCH3 is 1. The molecule has 6 heteroatoms. The number of ether oxygens (including phenoxy) is 1. The molecule has 0 aromatic heterocycles. The second-order valence-corrected chi connectivity index (χ2v) is 6.19. The van der Waals surface area contributed by atoms with Crippen LogP contribution in [-0.2, 0) is 6.54 Å². The van der Waals surface area contributed by atoms with E-state index < -0.39 is 5.60 Å². The number of nitrogens with zero attached hydrogens (tertiary/aromatic N) is 1. The van der Waals surface area contributed by atoms with E-state index >= 15 is 0 Å². The number of aliphatic imine (C=N–C) groups is 1. The van der Waals surface area contributed by atoms with E-state index in [-0.39, 0.29) is 24.0 Å². The lowest BCUT2D eigenvalue weighted by Gasteiger charge is -2.32. The third kappa shape index (κ3) is 6.84. The summed E-state index contributed by atoms with van der Waals surface area (Å²) in [6.45, 7) is 3.96. The fourth-order valence-electron chi connectivity index (χ4n) is 2.92. The Balaban J connectivity index is 0.00000288. The van der Waals surface area contributed by atoms with Crippen molar-refractivity contribution < 1.29 is 9.84 Å². The monoisotopic (exact) mass is 447 g/mol. The van der Waals surface area contributed by atoms with Crippen LogP contribution in [0.2, 0.25) is 0 Å². The molecule has 1 aromatic carbocycles. The molecule has 136 valence electrons. The Morgan fingerprint density at radius 3 is 2.67 bits per heavy atom. The minimum Gasteiger partial charge on any atom is -0.497 e. The smallest absolute Gasteiger partial charge is 0.191 e. The van der Waals surface area contributed by atoms with Crippen LogP contribution in [0.15, 0.2) is 29.3 Å². The molecule has 0 amide bonds. The summed E-state index contributed by atoms with van der Waals surface area (Å²) in [5.74, 6) is 1.58. The first-order valence-electron chi connectivity index (χ1n) is 8.53. The number of hydrogen-bond donors (Lipinski definition) is 3. The van der Waals surface area contributed by atoms with Gasteiger partial charge in [-0.15, -0.1) is 24.0 Å². The summed E-state index contributed by atoms with van der Waals surface area (Å²) >= 11 is 0. The summed E-state index contributed by atoms with van der Waals surface area (Å²) in [6.07, 6.45) is 5.18. The van der Waals surface area contributed by atoms with Gasteiger partial charge >= 0.3 is 0 Å². The normalized spacial score (nSPS) is 16.9. The lowest BCUT2D eigenvalue weighted by atomic mass is 9.85. The van der Waals surface area contributed by atoms with E-state index in [9.17, 15) is 5.11 Å². The lowest BCUT2D eigenvalue weighted by Crippen LogP contribution is -2.48. The number of benzene rings is 1. The van der Waals surface area contributed by atoms with Gasteiger partial charge in [-0.05, 0) is 37.5 Å². The number of halogens is 1. The molecule has 0 spiro atoms. The van der Waals surface area contributed by atoms with Gasteiger partial charge in [0, 0.05) is 13.1 Å². The molecule has 5 nitrogen and oxygen atoms in total. The second kappa shape index (κ2) is 10.8. The van der Waals surface area contributed by atoms with E-state index in [1.165, 1.54) is 6.42 Å². The summed E-state index contributed by atoms with van der Waals surface area (Å²) in [6, 6.07) is 7.91. The Morgan fingerprint density at radius 2 is 2.00 bits per heavy atom. The summed E-state index contributed by atoms with van der Waals surface area (Å²) in [5.41, 5.74) is 0.502. The highest BCUT2D eigenvalue weighted by Crippen LogP contribution is 2.27. The number of aliphatic hydroxyl groups is 1. The molecule has 1 fully saturated rings. The van der Waals surface area contributed by atoms with Crippen molar-refractivity contribution in [2.45, 2.75) is 51.2 Å². The molecule has 0 bridgehead atoms. The fourth-order valence-corrected chi connectivity index (χ4v) is 2.92. The summed E-state index contributed by atoms with van der Waals surface area (Å²) in [4.78, 5) is 4.60. The molecule has 2 rings (SSSR count). The Bertz CT molecular complexity index is 517. The number of guanidine groups is 1. The van der Waals surface area contributed by atoms with Crippen molar-refractivity contribution in [3.05, 3.63) is 29.8 Å². The van der Waals surface area contributed by atoms with Gasteiger partial charge in [-0.25, -0.2) is 4.99 Å².